The number of sulfonamides is 1. The molecule has 1 aliphatic rings. The lowest BCUT2D eigenvalue weighted by molar-refractivity contribution is -0.116. The van der Waals surface area contributed by atoms with Gasteiger partial charge in [-0.2, -0.15) is 0 Å². The standard InChI is InChI=1S/C18H17N3O4S3/c1-10-7-17(22)19-14-9-12(4-6-15(14)26-10)28(23,24)21-18-20-13-5-3-11(25-2)8-16(13)27-18/h3-6,8-10H,7H2,1-2H3,(H,19,22)(H,20,21). The number of hydrogen-bond donors (Lipinski definition) is 2. The molecule has 4 rings (SSSR count). The van der Waals surface area contributed by atoms with Gasteiger partial charge in [0.05, 0.1) is 27.9 Å². The maximum absolute atomic E-state index is 12.8. The topological polar surface area (TPSA) is 97.4 Å². The van der Waals surface area contributed by atoms with Crippen LogP contribution in [0.4, 0.5) is 10.8 Å². The molecule has 0 bridgehead atoms. The lowest BCUT2D eigenvalue weighted by Crippen LogP contribution is -2.15. The Morgan fingerprint density at radius 3 is 2.86 bits per heavy atom. The molecular weight excluding hydrogens is 418 g/mol. The van der Waals surface area contributed by atoms with Crippen LogP contribution >= 0.6 is 23.1 Å². The van der Waals surface area contributed by atoms with Gasteiger partial charge in [-0.05, 0) is 36.4 Å². The third-order valence-corrected chi connectivity index (χ3v) is 7.73. The molecule has 10 heteroatoms. The summed E-state index contributed by atoms with van der Waals surface area (Å²) in [4.78, 5) is 17.2. The van der Waals surface area contributed by atoms with Crippen molar-refractivity contribution in [3.05, 3.63) is 36.4 Å². The Bertz CT molecular complexity index is 1170. The van der Waals surface area contributed by atoms with Crippen LogP contribution in [-0.4, -0.2) is 31.7 Å². The van der Waals surface area contributed by atoms with E-state index in [1.807, 2.05) is 6.92 Å². The molecule has 0 saturated carbocycles. The fourth-order valence-corrected chi connectivity index (χ4v) is 6.05. The summed E-state index contributed by atoms with van der Waals surface area (Å²) >= 11 is 2.77. The van der Waals surface area contributed by atoms with Gasteiger partial charge in [-0.3, -0.25) is 9.52 Å². The predicted octanol–water partition coefficient (Wildman–Crippen LogP) is 3.93. The van der Waals surface area contributed by atoms with Gasteiger partial charge in [0, 0.05) is 16.6 Å². The molecule has 3 aromatic rings. The zero-order chi connectivity index (χ0) is 19.9. The van der Waals surface area contributed by atoms with Crippen LogP contribution in [0.25, 0.3) is 10.2 Å². The summed E-state index contributed by atoms with van der Waals surface area (Å²) in [7, 11) is -2.28. The normalized spacial score (nSPS) is 16.9. The third-order valence-electron chi connectivity index (χ3n) is 4.15. The second-order valence-electron chi connectivity index (χ2n) is 6.30. The van der Waals surface area contributed by atoms with Gasteiger partial charge in [0.15, 0.2) is 5.13 Å². The molecule has 1 atom stereocenters. The molecule has 1 amide bonds. The number of benzene rings is 2. The quantitative estimate of drug-likeness (QED) is 0.644. The van der Waals surface area contributed by atoms with Gasteiger partial charge in [0.1, 0.15) is 5.75 Å². The Balaban J connectivity index is 1.64. The van der Waals surface area contributed by atoms with E-state index in [2.05, 4.69) is 15.0 Å². The molecule has 1 aliphatic heterocycles. The Morgan fingerprint density at radius 2 is 2.07 bits per heavy atom. The number of hydrogen-bond acceptors (Lipinski definition) is 7. The van der Waals surface area contributed by atoms with Crippen molar-refractivity contribution < 1.29 is 17.9 Å². The first-order valence-corrected chi connectivity index (χ1v) is 11.6. The van der Waals surface area contributed by atoms with Crippen LogP contribution in [0.5, 0.6) is 5.75 Å². The molecule has 0 fully saturated rings. The number of methoxy groups -OCH3 is 1. The minimum absolute atomic E-state index is 0.0681. The lowest BCUT2D eigenvalue weighted by Gasteiger charge is -2.10. The third kappa shape index (κ3) is 3.80. The van der Waals surface area contributed by atoms with Gasteiger partial charge >= 0.3 is 0 Å². The van der Waals surface area contributed by atoms with Crippen LogP contribution in [0.15, 0.2) is 46.2 Å². The van der Waals surface area contributed by atoms with Crippen molar-refractivity contribution in [3.8, 4) is 5.75 Å². The summed E-state index contributed by atoms with van der Waals surface area (Å²) in [6.45, 7) is 1.97. The van der Waals surface area contributed by atoms with E-state index < -0.39 is 10.0 Å². The SMILES string of the molecule is COc1ccc2nc(NS(=O)(=O)c3ccc4c(c3)NC(=O)CC(C)S4)sc2c1. The first kappa shape index (κ1) is 19.0. The van der Waals surface area contributed by atoms with Crippen molar-refractivity contribution in [3.63, 3.8) is 0 Å². The van der Waals surface area contributed by atoms with Gasteiger partial charge in [-0.25, -0.2) is 13.4 Å². The van der Waals surface area contributed by atoms with Crippen molar-refractivity contribution in [2.24, 2.45) is 0 Å². The number of ether oxygens (including phenoxy) is 1. The van der Waals surface area contributed by atoms with Gasteiger partial charge in [-0.1, -0.05) is 18.3 Å². The Labute approximate surface area is 170 Å². The minimum atomic E-state index is -3.85. The van der Waals surface area contributed by atoms with E-state index in [9.17, 15) is 13.2 Å². The number of thioether (sulfide) groups is 1. The Kier molecular flexibility index (Phi) is 4.94. The number of fused-ring (bicyclic) bond motifs is 2. The molecule has 2 aromatic carbocycles. The number of anilines is 2. The highest BCUT2D eigenvalue weighted by atomic mass is 32.2. The number of aromatic nitrogens is 1. The number of nitrogens with zero attached hydrogens (tertiary/aromatic N) is 1. The average molecular weight is 436 g/mol. The van der Waals surface area contributed by atoms with Crippen molar-refractivity contribution >= 4 is 60.1 Å². The predicted molar refractivity (Wildman–Crippen MR) is 112 cm³/mol. The van der Waals surface area contributed by atoms with Gasteiger partial charge in [0.2, 0.25) is 5.91 Å². The van der Waals surface area contributed by atoms with Crippen LogP contribution in [0.2, 0.25) is 0 Å². The molecular formula is C18H17N3O4S3. The van der Waals surface area contributed by atoms with Crippen molar-refractivity contribution in [1.29, 1.82) is 0 Å². The molecule has 0 radical (unpaired) electrons. The highest BCUT2D eigenvalue weighted by Crippen LogP contribution is 2.37. The van der Waals surface area contributed by atoms with Crippen LogP contribution < -0.4 is 14.8 Å². The van der Waals surface area contributed by atoms with E-state index in [-0.39, 0.29) is 21.2 Å². The summed E-state index contributed by atoms with van der Waals surface area (Å²) in [5.74, 6) is 0.556. The van der Waals surface area contributed by atoms with E-state index in [0.29, 0.717) is 23.4 Å². The van der Waals surface area contributed by atoms with Crippen LogP contribution in [0.1, 0.15) is 13.3 Å². The monoisotopic (exact) mass is 435 g/mol. The highest BCUT2D eigenvalue weighted by Gasteiger charge is 2.23. The number of rotatable bonds is 4. The second kappa shape index (κ2) is 7.26. The summed E-state index contributed by atoms with van der Waals surface area (Å²) in [5.41, 5.74) is 1.19. The number of nitrogens with one attached hydrogen (secondary N) is 2. The molecule has 0 aliphatic carbocycles. The molecule has 7 nitrogen and oxygen atoms in total. The van der Waals surface area contributed by atoms with Crippen molar-refractivity contribution in [2.45, 2.75) is 28.4 Å². The molecule has 28 heavy (non-hydrogen) atoms. The van der Waals surface area contributed by atoms with Crippen molar-refractivity contribution in [2.75, 3.05) is 17.1 Å². The fourth-order valence-electron chi connectivity index (χ4n) is 2.85. The van der Waals surface area contributed by atoms with Gasteiger partial charge < -0.3 is 10.1 Å². The number of amides is 1. The highest BCUT2D eigenvalue weighted by molar-refractivity contribution is 8.00. The Morgan fingerprint density at radius 1 is 1.25 bits per heavy atom. The minimum Gasteiger partial charge on any atom is -0.497 e. The lowest BCUT2D eigenvalue weighted by atomic mass is 10.3. The van der Waals surface area contributed by atoms with E-state index in [1.165, 1.54) is 23.5 Å². The summed E-state index contributed by atoms with van der Waals surface area (Å²) < 4.78 is 34.2. The number of carbonyl (C=O) groups excluding carboxylic acids is 1. The van der Waals surface area contributed by atoms with Crippen LogP contribution in [0.3, 0.4) is 0 Å². The van der Waals surface area contributed by atoms with Gasteiger partial charge in [-0.15, -0.1) is 11.8 Å². The molecule has 1 unspecified atom stereocenters. The summed E-state index contributed by atoms with van der Waals surface area (Å²) in [5, 5.41) is 3.18. The largest absolute Gasteiger partial charge is 0.497 e. The first-order chi connectivity index (χ1) is 13.3. The summed E-state index contributed by atoms with van der Waals surface area (Å²) in [6.07, 6.45) is 0.384. The zero-order valence-corrected chi connectivity index (χ0v) is 17.5. The molecule has 0 saturated heterocycles. The average Bonchev–Trinajstić information content (AvgIpc) is 2.95. The fraction of sp³-hybridized carbons (Fsp3) is 0.222. The first-order valence-electron chi connectivity index (χ1n) is 8.42. The van der Waals surface area contributed by atoms with E-state index in [4.69, 9.17) is 4.74 Å². The van der Waals surface area contributed by atoms with Gasteiger partial charge in [0.25, 0.3) is 10.0 Å². The number of carbonyl (C=O) groups is 1. The molecule has 146 valence electrons. The second-order valence-corrected chi connectivity index (χ2v) is 10.5. The number of thiazole rings is 1. The smallest absolute Gasteiger partial charge is 0.263 e. The van der Waals surface area contributed by atoms with E-state index >= 15 is 0 Å². The maximum Gasteiger partial charge on any atom is 0.263 e. The van der Waals surface area contributed by atoms with E-state index in [1.54, 1.807) is 43.1 Å². The maximum atomic E-state index is 12.8. The molecule has 0 spiro atoms. The molecule has 2 N–H and O–H groups in total. The molecule has 2 heterocycles. The van der Waals surface area contributed by atoms with E-state index in [0.717, 1.165) is 9.60 Å². The summed E-state index contributed by atoms with van der Waals surface area (Å²) in [6, 6.07) is 10.1. The van der Waals surface area contributed by atoms with Crippen LogP contribution in [-0.2, 0) is 14.8 Å². The van der Waals surface area contributed by atoms with Crippen molar-refractivity contribution in [1.82, 2.24) is 4.98 Å². The zero-order valence-electron chi connectivity index (χ0n) is 15.1. The Hall–Kier alpha value is -2.30. The molecule has 1 aromatic heterocycles. The van der Waals surface area contributed by atoms with Crippen LogP contribution in [0, 0.1) is 0 Å².